The minimum absolute atomic E-state index is 0.251. The first-order chi connectivity index (χ1) is 9.39. The predicted molar refractivity (Wildman–Crippen MR) is 84.6 cm³/mol. The van der Waals surface area contributed by atoms with Crippen molar-refractivity contribution >= 4 is 5.91 Å². The average Bonchev–Trinajstić information content (AvgIpc) is 3.21. The molecule has 0 saturated heterocycles. The van der Waals surface area contributed by atoms with Crippen LogP contribution in [-0.4, -0.2) is 42.5 Å². The van der Waals surface area contributed by atoms with Crippen molar-refractivity contribution in [3.8, 4) is 0 Å². The van der Waals surface area contributed by atoms with Crippen LogP contribution in [0.2, 0.25) is 0 Å². The van der Waals surface area contributed by atoms with Crippen LogP contribution in [0.1, 0.15) is 59.3 Å². The monoisotopic (exact) mass is 283 g/mol. The molecule has 0 aromatic rings. The van der Waals surface area contributed by atoms with Gasteiger partial charge >= 0.3 is 0 Å². The van der Waals surface area contributed by atoms with E-state index in [0.717, 1.165) is 37.8 Å². The zero-order valence-electron chi connectivity index (χ0n) is 13.7. The first kappa shape index (κ1) is 17.4. The SMILES string of the molecule is CNC(C)(CCCCN(CCC(C)C)C1CC1)C(N)=O. The first-order valence-corrected chi connectivity index (χ1v) is 8.12. The highest BCUT2D eigenvalue weighted by Gasteiger charge is 2.30. The molecular weight excluding hydrogens is 250 g/mol. The Morgan fingerprint density at radius 3 is 2.45 bits per heavy atom. The van der Waals surface area contributed by atoms with Gasteiger partial charge in [0.25, 0.3) is 0 Å². The number of primary amides is 1. The Labute approximate surface area is 124 Å². The van der Waals surface area contributed by atoms with Crippen LogP contribution in [0.5, 0.6) is 0 Å². The normalized spacial score (nSPS) is 18.5. The molecule has 4 heteroatoms. The number of amides is 1. The molecule has 1 amide bonds. The van der Waals surface area contributed by atoms with Crippen molar-refractivity contribution in [2.24, 2.45) is 11.7 Å². The molecule has 1 fully saturated rings. The molecule has 1 aliphatic carbocycles. The number of rotatable bonds is 11. The summed E-state index contributed by atoms with van der Waals surface area (Å²) < 4.78 is 0. The molecule has 0 bridgehead atoms. The van der Waals surface area contributed by atoms with Crippen molar-refractivity contribution < 1.29 is 4.79 Å². The molecule has 118 valence electrons. The molecule has 1 unspecified atom stereocenters. The van der Waals surface area contributed by atoms with E-state index in [-0.39, 0.29) is 5.91 Å². The van der Waals surface area contributed by atoms with Crippen molar-refractivity contribution in [1.29, 1.82) is 0 Å². The highest BCUT2D eigenvalue weighted by atomic mass is 16.1. The average molecular weight is 283 g/mol. The quantitative estimate of drug-likeness (QED) is 0.571. The topological polar surface area (TPSA) is 58.4 Å². The molecule has 20 heavy (non-hydrogen) atoms. The van der Waals surface area contributed by atoms with E-state index in [0.29, 0.717) is 0 Å². The third-order valence-electron chi connectivity index (χ3n) is 4.52. The lowest BCUT2D eigenvalue weighted by Gasteiger charge is -2.27. The maximum atomic E-state index is 11.4. The minimum atomic E-state index is -0.553. The molecular formula is C16H33N3O. The zero-order valence-corrected chi connectivity index (χ0v) is 13.7. The number of nitrogens with one attached hydrogen (secondary N) is 1. The number of likely N-dealkylation sites (N-methyl/N-ethyl adjacent to an activating group) is 1. The fourth-order valence-corrected chi connectivity index (χ4v) is 2.51. The van der Waals surface area contributed by atoms with E-state index >= 15 is 0 Å². The maximum Gasteiger partial charge on any atom is 0.237 e. The number of hydrogen-bond donors (Lipinski definition) is 2. The fraction of sp³-hybridized carbons (Fsp3) is 0.938. The van der Waals surface area contributed by atoms with Crippen LogP contribution in [0.4, 0.5) is 0 Å². The summed E-state index contributed by atoms with van der Waals surface area (Å²) in [5.74, 6) is 0.526. The van der Waals surface area contributed by atoms with Crippen LogP contribution in [0.3, 0.4) is 0 Å². The van der Waals surface area contributed by atoms with Crippen molar-refractivity contribution in [2.45, 2.75) is 70.9 Å². The Kier molecular flexibility index (Phi) is 6.96. The summed E-state index contributed by atoms with van der Waals surface area (Å²) in [6.07, 6.45) is 7.04. The molecule has 0 heterocycles. The fourth-order valence-electron chi connectivity index (χ4n) is 2.51. The lowest BCUT2D eigenvalue weighted by Crippen LogP contribution is -2.51. The molecule has 0 aliphatic heterocycles. The number of nitrogens with two attached hydrogens (primary N) is 1. The summed E-state index contributed by atoms with van der Waals surface area (Å²) in [5.41, 5.74) is 4.90. The second-order valence-corrected chi connectivity index (χ2v) is 6.85. The molecule has 0 spiro atoms. The third-order valence-corrected chi connectivity index (χ3v) is 4.52. The van der Waals surface area contributed by atoms with E-state index in [1.165, 1.54) is 25.8 Å². The Bertz CT molecular complexity index is 302. The Morgan fingerprint density at radius 2 is 2.00 bits per heavy atom. The highest BCUT2D eigenvalue weighted by molar-refractivity contribution is 5.84. The van der Waals surface area contributed by atoms with E-state index in [1.807, 2.05) is 14.0 Å². The number of carbonyl (C=O) groups is 1. The van der Waals surface area contributed by atoms with Gasteiger partial charge in [0.05, 0.1) is 5.54 Å². The smallest absolute Gasteiger partial charge is 0.237 e. The molecule has 4 nitrogen and oxygen atoms in total. The van der Waals surface area contributed by atoms with Crippen LogP contribution >= 0.6 is 0 Å². The van der Waals surface area contributed by atoms with Crippen molar-refractivity contribution in [2.75, 3.05) is 20.1 Å². The largest absolute Gasteiger partial charge is 0.368 e. The van der Waals surface area contributed by atoms with Crippen LogP contribution in [0.15, 0.2) is 0 Å². The van der Waals surface area contributed by atoms with Crippen molar-refractivity contribution in [3.05, 3.63) is 0 Å². The Balaban J connectivity index is 2.25. The minimum Gasteiger partial charge on any atom is -0.368 e. The molecule has 1 atom stereocenters. The van der Waals surface area contributed by atoms with Gasteiger partial charge in [-0.15, -0.1) is 0 Å². The van der Waals surface area contributed by atoms with Crippen LogP contribution in [0.25, 0.3) is 0 Å². The van der Waals surface area contributed by atoms with Crippen LogP contribution in [0, 0.1) is 5.92 Å². The number of carbonyl (C=O) groups excluding carboxylic acids is 1. The van der Waals surface area contributed by atoms with E-state index in [2.05, 4.69) is 24.1 Å². The van der Waals surface area contributed by atoms with Gasteiger partial charge in [0, 0.05) is 6.04 Å². The molecule has 1 saturated carbocycles. The lowest BCUT2D eigenvalue weighted by atomic mass is 9.94. The number of nitrogens with zero attached hydrogens (tertiary/aromatic N) is 1. The first-order valence-electron chi connectivity index (χ1n) is 8.12. The number of unbranched alkanes of at least 4 members (excludes halogenated alkanes) is 1. The van der Waals surface area contributed by atoms with Crippen LogP contribution in [-0.2, 0) is 4.79 Å². The summed E-state index contributed by atoms with van der Waals surface area (Å²) in [6.45, 7) is 8.86. The molecule has 3 N–H and O–H groups in total. The van der Waals surface area contributed by atoms with Gasteiger partial charge in [0.1, 0.15) is 0 Å². The number of hydrogen-bond acceptors (Lipinski definition) is 3. The molecule has 1 rings (SSSR count). The Morgan fingerprint density at radius 1 is 1.35 bits per heavy atom. The summed E-state index contributed by atoms with van der Waals surface area (Å²) in [7, 11) is 1.81. The highest BCUT2D eigenvalue weighted by Crippen LogP contribution is 2.28. The predicted octanol–water partition coefficient (Wildman–Crippen LogP) is 2.13. The lowest BCUT2D eigenvalue weighted by molar-refractivity contribution is -0.123. The second-order valence-electron chi connectivity index (χ2n) is 6.85. The summed E-state index contributed by atoms with van der Waals surface area (Å²) >= 11 is 0. The second kappa shape index (κ2) is 7.99. The molecule has 0 aromatic carbocycles. The molecule has 0 radical (unpaired) electrons. The Hall–Kier alpha value is -0.610. The van der Waals surface area contributed by atoms with Gasteiger partial charge in [0.2, 0.25) is 5.91 Å². The van der Waals surface area contributed by atoms with E-state index in [4.69, 9.17) is 5.73 Å². The van der Waals surface area contributed by atoms with Gasteiger partial charge in [-0.3, -0.25) is 4.79 Å². The van der Waals surface area contributed by atoms with Gasteiger partial charge < -0.3 is 16.0 Å². The molecule has 0 aromatic heterocycles. The van der Waals surface area contributed by atoms with E-state index in [9.17, 15) is 4.79 Å². The van der Waals surface area contributed by atoms with Gasteiger partial charge in [-0.2, -0.15) is 0 Å². The molecule has 1 aliphatic rings. The standard InChI is InChI=1S/C16H33N3O/c1-13(2)9-12-19(14-7-8-14)11-6-5-10-16(3,18-4)15(17)20/h13-14,18H,5-12H2,1-4H3,(H2,17,20). The van der Waals surface area contributed by atoms with Crippen LogP contribution < -0.4 is 11.1 Å². The van der Waals surface area contributed by atoms with Gasteiger partial charge in [-0.1, -0.05) is 13.8 Å². The summed E-state index contributed by atoms with van der Waals surface area (Å²) in [6, 6.07) is 0.834. The van der Waals surface area contributed by atoms with Gasteiger partial charge in [0.15, 0.2) is 0 Å². The third kappa shape index (κ3) is 5.80. The zero-order chi connectivity index (χ0) is 15.2. The van der Waals surface area contributed by atoms with Gasteiger partial charge in [-0.25, -0.2) is 0 Å². The van der Waals surface area contributed by atoms with Gasteiger partial charge in [-0.05, 0) is 71.5 Å². The van der Waals surface area contributed by atoms with Crippen molar-refractivity contribution in [3.63, 3.8) is 0 Å². The maximum absolute atomic E-state index is 11.4. The summed E-state index contributed by atoms with van der Waals surface area (Å²) in [5, 5.41) is 3.05. The van der Waals surface area contributed by atoms with E-state index in [1.54, 1.807) is 0 Å². The summed E-state index contributed by atoms with van der Waals surface area (Å²) in [4.78, 5) is 14.1. The van der Waals surface area contributed by atoms with E-state index < -0.39 is 5.54 Å². The van der Waals surface area contributed by atoms with Crippen molar-refractivity contribution in [1.82, 2.24) is 10.2 Å².